The molecule has 2 aliphatic carbocycles. The molecule has 0 spiro atoms. The van der Waals surface area contributed by atoms with E-state index >= 15 is 0 Å². The van der Waals surface area contributed by atoms with Crippen LogP contribution in [0.4, 0.5) is 4.39 Å². The number of ketones is 1. The van der Waals surface area contributed by atoms with Gasteiger partial charge in [-0.15, -0.1) is 0 Å². The van der Waals surface area contributed by atoms with Crippen LogP contribution < -0.4 is 0 Å². The lowest BCUT2D eigenvalue weighted by Crippen LogP contribution is -2.15. The minimum Gasteiger partial charge on any atom is -0.299 e. The van der Waals surface area contributed by atoms with Crippen molar-refractivity contribution >= 4 is 5.78 Å². The van der Waals surface area contributed by atoms with Gasteiger partial charge in [0.1, 0.15) is 11.6 Å². The second-order valence-electron chi connectivity index (χ2n) is 5.19. The quantitative estimate of drug-likeness (QED) is 0.762. The molecule has 1 aromatic rings. The Labute approximate surface area is 94.7 Å². The first-order chi connectivity index (χ1) is 7.72. The van der Waals surface area contributed by atoms with Crippen molar-refractivity contribution in [2.75, 3.05) is 0 Å². The van der Waals surface area contributed by atoms with E-state index in [4.69, 9.17) is 0 Å². The summed E-state index contributed by atoms with van der Waals surface area (Å²) >= 11 is 0. The van der Waals surface area contributed by atoms with E-state index in [1.165, 1.54) is 18.6 Å². The fraction of sp³-hybridized carbons (Fsp3) is 0.500. The van der Waals surface area contributed by atoms with Crippen molar-refractivity contribution in [1.29, 1.82) is 0 Å². The molecule has 0 aliphatic heterocycles. The first-order valence-corrected chi connectivity index (χ1v) is 5.99. The molecule has 0 amide bonds. The summed E-state index contributed by atoms with van der Waals surface area (Å²) in [5.74, 6) is 2.09. The summed E-state index contributed by atoms with van der Waals surface area (Å²) in [4.78, 5) is 12.0. The van der Waals surface area contributed by atoms with Gasteiger partial charge in [-0.05, 0) is 48.8 Å². The van der Waals surface area contributed by atoms with Crippen molar-refractivity contribution in [2.45, 2.75) is 25.7 Å². The van der Waals surface area contributed by atoms with E-state index in [9.17, 15) is 9.18 Å². The number of rotatable bonds is 3. The first-order valence-electron chi connectivity index (χ1n) is 5.99. The van der Waals surface area contributed by atoms with Crippen molar-refractivity contribution in [2.24, 2.45) is 17.8 Å². The van der Waals surface area contributed by atoms with E-state index in [1.54, 1.807) is 12.1 Å². The summed E-state index contributed by atoms with van der Waals surface area (Å²) in [6.07, 6.45) is 4.03. The average molecular weight is 218 g/mol. The summed E-state index contributed by atoms with van der Waals surface area (Å²) in [6, 6.07) is 6.27. The lowest BCUT2D eigenvalue weighted by molar-refractivity contribution is -0.122. The first kappa shape index (κ1) is 10.0. The zero-order valence-corrected chi connectivity index (χ0v) is 9.16. The third-order valence-corrected chi connectivity index (χ3v) is 3.99. The molecule has 2 unspecified atom stereocenters. The van der Waals surface area contributed by atoms with Gasteiger partial charge in [-0.2, -0.15) is 0 Å². The molecule has 84 valence electrons. The lowest BCUT2D eigenvalue weighted by atomic mass is 9.94. The maximum atomic E-state index is 12.7. The van der Waals surface area contributed by atoms with Gasteiger partial charge >= 0.3 is 0 Å². The van der Waals surface area contributed by atoms with E-state index < -0.39 is 0 Å². The maximum absolute atomic E-state index is 12.7. The monoisotopic (exact) mass is 218 g/mol. The molecule has 0 radical (unpaired) electrons. The van der Waals surface area contributed by atoms with Crippen molar-refractivity contribution < 1.29 is 9.18 Å². The molecule has 3 rings (SSSR count). The number of benzene rings is 1. The summed E-state index contributed by atoms with van der Waals surface area (Å²) in [5.41, 5.74) is 0.937. The van der Waals surface area contributed by atoms with Gasteiger partial charge in [-0.25, -0.2) is 4.39 Å². The zero-order chi connectivity index (χ0) is 11.1. The molecule has 2 aliphatic rings. The molecule has 2 saturated carbocycles. The summed E-state index contributed by atoms with van der Waals surface area (Å²) in [6.45, 7) is 0. The average Bonchev–Trinajstić information content (AvgIpc) is 2.89. The molecule has 2 heteroatoms. The standard InChI is InChI=1S/C14H15FO/c15-13-3-1-9(2-4-13)5-14(16)12-7-10-6-11(10)8-12/h1-4,10-12H,5-8H2. The third-order valence-electron chi connectivity index (χ3n) is 3.99. The largest absolute Gasteiger partial charge is 0.299 e. The Balaban J connectivity index is 1.61. The van der Waals surface area contributed by atoms with Gasteiger partial charge in [0, 0.05) is 12.3 Å². The second kappa shape index (κ2) is 3.69. The molecule has 1 aromatic carbocycles. The van der Waals surface area contributed by atoms with E-state index in [2.05, 4.69) is 0 Å². The fourth-order valence-corrected chi connectivity index (χ4v) is 2.93. The summed E-state index contributed by atoms with van der Waals surface area (Å²) < 4.78 is 12.7. The molecule has 0 saturated heterocycles. The molecule has 2 fully saturated rings. The van der Waals surface area contributed by atoms with Gasteiger partial charge in [-0.3, -0.25) is 4.79 Å². The Hall–Kier alpha value is -1.18. The van der Waals surface area contributed by atoms with Gasteiger partial charge in [0.25, 0.3) is 0 Å². The predicted octanol–water partition coefficient (Wildman–Crippen LogP) is 2.98. The molecule has 0 heterocycles. The van der Waals surface area contributed by atoms with Gasteiger partial charge in [0.05, 0.1) is 0 Å². The molecule has 0 bridgehead atoms. The predicted molar refractivity (Wildman–Crippen MR) is 59.4 cm³/mol. The van der Waals surface area contributed by atoms with Crippen LogP contribution in [0.15, 0.2) is 24.3 Å². The molecule has 0 N–H and O–H groups in total. The molecule has 0 aromatic heterocycles. The number of hydrogen-bond donors (Lipinski definition) is 0. The topological polar surface area (TPSA) is 17.1 Å². The van der Waals surface area contributed by atoms with Gasteiger partial charge < -0.3 is 0 Å². The van der Waals surface area contributed by atoms with Crippen LogP contribution in [0.3, 0.4) is 0 Å². The minimum absolute atomic E-state index is 0.238. The van der Waals surface area contributed by atoms with Crippen molar-refractivity contribution in [3.8, 4) is 0 Å². The van der Waals surface area contributed by atoms with E-state index in [0.717, 1.165) is 30.2 Å². The van der Waals surface area contributed by atoms with Crippen LogP contribution in [0, 0.1) is 23.6 Å². The number of halogens is 1. The Kier molecular flexibility index (Phi) is 2.31. The van der Waals surface area contributed by atoms with Gasteiger partial charge in [-0.1, -0.05) is 12.1 Å². The summed E-state index contributed by atoms with van der Waals surface area (Å²) in [7, 11) is 0. The Morgan fingerprint density at radius 1 is 1.12 bits per heavy atom. The highest BCUT2D eigenvalue weighted by atomic mass is 19.1. The molecule has 16 heavy (non-hydrogen) atoms. The second-order valence-corrected chi connectivity index (χ2v) is 5.19. The van der Waals surface area contributed by atoms with Crippen LogP contribution in [0.1, 0.15) is 24.8 Å². The highest BCUT2D eigenvalue weighted by Crippen LogP contribution is 2.54. The number of fused-ring (bicyclic) bond motifs is 1. The van der Waals surface area contributed by atoms with Crippen molar-refractivity contribution in [3.05, 3.63) is 35.6 Å². The summed E-state index contributed by atoms with van der Waals surface area (Å²) in [5, 5.41) is 0. The number of carbonyl (C=O) groups excluding carboxylic acids is 1. The Morgan fingerprint density at radius 2 is 1.75 bits per heavy atom. The normalized spacial score (nSPS) is 31.2. The van der Waals surface area contributed by atoms with Crippen LogP contribution >= 0.6 is 0 Å². The van der Waals surface area contributed by atoms with Crippen LogP contribution in [0.2, 0.25) is 0 Å². The van der Waals surface area contributed by atoms with Crippen molar-refractivity contribution in [3.63, 3.8) is 0 Å². The van der Waals surface area contributed by atoms with Crippen LogP contribution in [0.5, 0.6) is 0 Å². The van der Waals surface area contributed by atoms with Crippen LogP contribution in [0.25, 0.3) is 0 Å². The number of hydrogen-bond acceptors (Lipinski definition) is 1. The highest BCUT2D eigenvalue weighted by molar-refractivity contribution is 5.83. The smallest absolute Gasteiger partial charge is 0.140 e. The molecular weight excluding hydrogens is 203 g/mol. The molecular formula is C14H15FO. The zero-order valence-electron chi connectivity index (χ0n) is 9.16. The number of carbonyl (C=O) groups is 1. The molecule has 1 nitrogen and oxygen atoms in total. The lowest BCUT2D eigenvalue weighted by Gasteiger charge is -2.10. The van der Waals surface area contributed by atoms with E-state index in [1.807, 2.05) is 0 Å². The molecule has 2 atom stereocenters. The van der Waals surface area contributed by atoms with E-state index in [-0.39, 0.29) is 11.7 Å². The minimum atomic E-state index is -0.238. The van der Waals surface area contributed by atoms with Gasteiger partial charge in [0.15, 0.2) is 0 Å². The van der Waals surface area contributed by atoms with Gasteiger partial charge in [0.2, 0.25) is 0 Å². The number of Topliss-reactive ketones (excluding diaryl/α,β-unsaturated/α-hetero) is 1. The van der Waals surface area contributed by atoms with Crippen molar-refractivity contribution in [1.82, 2.24) is 0 Å². The van der Waals surface area contributed by atoms with Crippen LogP contribution in [-0.2, 0) is 11.2 Å². The SMILES string of the molecule is O=C(Cc1ccc(F)cc1)C1CC2CC2C1. The van der Waals surface area contributed by atoms with Crippen LogP contribution in [-0.4, -0.2) is 5.78 Å². The highest BCUT2D eigenvalue weighted by Gasteiger charge is 2.47. The fourth-order valence-electron chi connectivity index (χ4n) is 2.93. The Bertz CT molecular complexity index is 399. The Morgan fingerprint density at radius 3 is 2.38 bits per heavy atom. The maximum Gasteiger partial charge on any atom is 0.140 e. The third kappa shape index (κ3) is 1.89. The van der Waals surface area contributed by atoms with E-state index in [0.29, 0.717) is 12.2 Å².